The highest BCUT2D eigenvalue weighted by Crippen LogP contribution is 2.32. The number of imidazole rings is 1. The number of hydrogen-bond acceptors (Lipinski definition) is 8. The summed E-state index contributed by atoms with van der Waals surface area (Å²) < 4.78 is 0. The van der Waals surface area contributed by atoms with Crippen LogP contribution in [0.15, 0.2) is 36.7 Å². The molecule has 2 fully saturated rings. The molecule has 4 N–H and O–H groups in total. The number of rotatable bonds is 8. The van der Waals surface area contributed by atoms with Gasteiger partial charge in [0.05, 0.1) is 22.3 Å². The molecule has 3 aromatic heterocycles. The van der Waals surface area contributed by atoms with Gasteiger partial charge in [-0.1, -0.05) is 6.42 Å². The first-order valence-electron chi connectivity index (χ1n) is 14.4. The zero-order valence-electron chi connectivity index (χ0n) is 22.7. The van der Waals surface area contributed by atoms with Crippen molar-refractivity contribution in [2.24, 2.45) is 0 Å². The predicted octanol–water partition coefficient (Wildman–Crippen LogP) is 3.81. The van der Waals surface area contributed by atoms with Gasteiger partial charge in [0.1, 0.15) is 11.6 Å². The van der Waals surface area contributed by atoms with E-state index in [0.29, 0.717) is 27.9 Å². The molecule has 2 aliphatic rings. The molecule has 0 spiro atoms. The lowest BCUT2D eigenvalue weighted by Gasteiger charge is -2.26. The van der Waals surface area contributed by atoms with Gasteiger partial charge in [-0.05, 0) is 89.1 Å². The van der Waals surface area contributed by atoms with Crippen molar-refractivity contribution < 1.29 is 4.79 Å². The van der Waals surface area contributed by atoms with Gasteiger partial charge in [-0.25, -0.2) is 9.97 Å². The maximum absolute atomic E-state index is 12.9. The number of H-pyrrole nitrogens is 1. The molecular weight excluding hydrogens is 502 g/mol. The molecule has 206 valence electrons. The third kappa shape index (κ3) is 5.62. The van der Waals surface area contributed by atoms with Crippen LogP contribution in [0.1, 0.15) is 54.7 Å². The predicted molar refractivity (Wildman–Crippen MR) is 156 cm³/mol. The summed E-state index contributed by atoms with van der Waals surface area (Å²) in [5.41, 5.74) is 4.63. The molecule has 0 unspecified atom stereocenters. The number of nitriles is 1. The number of fused-ring (bicyclic) bond motifs is 2. The zero-order valence-corrected chi connectivity index (χ0v) is 22.7. The normalized spacial score (nSPS) is 16.7. The minimum Gasteiger partial charge on any atom is -0.384 e. The molecule has 0 bridgehead atoms. The van der Waals surface area contributed by atoms with Crippen molar-refractivity contribution in [1.29, 1.82) is 5.26 Å². The first-order chi connectivity index (χ1) is 19.7. The SMILES string of the molecule is N#Cc1c(-c2cc(NCCCN3CCCCC3)c3cnccc3n2)ccc2[nH]c(C(=O)NC3CCNCC3)nc12. The molecule has 10 heteroatoms. The smallest absolute Gasteiger partial charge is 0.287 e. The van der Waals surface area contributed by atoms with Gasteiger partial charge in [0.2, 0.25) is 0 Å². The number of benzene rings is 1. The number of nitrogens with zero attached hydrogens (tertiary/aromatic N) is 5. The number of amides is 1. The Balaban J connectivity index is 1.27. The fourth-order valence-electron chi connectivity index (χ4n) is 5.79. The van der Waals surface area contributed by atoms with Crippen LogP contribution in [0.2, 0.25) is 0 Å². The molecule has 0 aliphatic carbocycles. The van der Waals surface area contributed by atoms with E-state index in [0.717, 1.165) is 62.0 Å². The largest absolute Gasteiger partial charge is 0.384 e. The van der Waals surface area contributed by atoms with Crippen molar-refractivity contribution in [3.63, 3.8) is 0 Å². The Morgan fingerprint density at radius 1 is 1.12 bits per heavy atom. The summed E-state index contributed by atoms with van der Waals surface area (Å²) in [5, 5.41) is 21.1. The highest BCUT2D eigenvalue weighted by Gasteiger charge is 2.21. The van der Waals surface area contributed by atoms with Gasteiger partial charge in [-0.3, -0.25) is 9.78 Å². The molecule has 40 heavy (non-hydrogen) atoms. The average molecular weight is 538 g/mol. The van der Waals surface area contributed by atoms with E-state index >= 15 is 0 Å². The van der Waals surface area contributed by atoms with E-state index in [1.807, 2.05) is 30.5 Å². The molecule has 1 amide bonds. The summed E-state index contributed by atoms with van der Waals surface area (Å²) in [6.45, 7) is 6.08. The summed E-state index contributed by atoms with van der Waals surface area (Å²) in [5.74, 6) is -0.0308. The summed E-state index contributed by atoms with van der Waals surface area (Å²) in [6, 6.07) is 10.1. The molecule has 0 atom stereocenters. The Hall–Kier alpha value is -4.07. The van der Waals surface area contributed by atoms with E-state index in [-0.39, 0.29) is 17.8 Å². The molecule has 5 heterocycles. The minimum absolute atomic E-state index is 0.120. The van der Waals surface area contributed by atoms with Gasteiger partial charge in [-0.2, -0.15) is 5.26 Å². The molecule has 10 nitrogen and oxygen atoms in total. The van der Waals surface area contributed by atoms with Crippen LogP contribution in [0.25, 0.3) is 33.2 Å². The van der Waals surface area contributed by atoms with Crippen LogP contribution in [0.3, 0.4) is 0 Å². The second-order valence-electron chi connectivity index (χ2n) is 10.7. The van der Waals surface area contributed by atoms with Crippen LogP contribution in [-0.4, -0.2) is 76.1 Å². The summed E-state index contributed by atoms with van der Waals surface area (Å²) in [6.07, 6.45) is 10.3. The molecular formula is C30H35N9O. The fraction of sp³-hybridized carbons (Fsp3) is 0.433. The van der Waals surface area contributed by atoms with Gasteiger partial charge < -0.3 is 25.8 Å². The zero-order chi connectivity index (χ0) is 27.3. The van der Waals surface area contributed by atoms with Crippen LogP contribution in [-0.2, 0) is 0 Å². The molecule has 2 saturated heterocycles. The topological polar surface area (TPSA) is 135 Å². The van der Waals surface area contributed by atoms with Crippen molar-refractivity contribution >= 4 is 33.5 Å². The van der Waals surface area contributed by atoms with Gasteiger partial charge in [0.25, 0.3) is 5.91 Å². The molecule has 2 aliphatic heterocycles. The van der Waals surface area contributed by atoms with Gasteiger partial charge in [0, 0.05) is 41.6 Å². The third-order valence-electron chi connectivity index (χ3n) is 7.96. The monoisotopic (exact) mass is 537 g/mol. The van der Waals surface area contributed by atoms with Crippen molar-refractivity contribution in [2.45, 2.75) is 44.6 Å². The standard InChI is InChI=1S/C30H35N9O/c31-18-22-21(5-6-25-28(22)38-29(37-25)30(40)35-20-7-11-32-12-8-20)27-17-26(23-19-33-13-9-24(23)36-27)34-10-4-16-39-14-2-1-3-15-39/h5-6,9,13,17,19-20,32H,1-4,7-8,10-12,14-16H2,(H,34,36)(H,35,40)(H,37,38). The summed E-state index contributed by atoms with van der Waals surface area (Å²) in [7, 11) is 0. The Morgan fingerprint density at radius 2 is 1.98 bits per heavy atom. The van der Waals surface area contributed by atoms with E-state index in [2.05, 4.69) is 41.9 Å². The number of nitrogens with one attached hydrogen (secondary N) is 4. The molecule has 0 saturated carbocycles. The van der Waals surface area contributed by atoms with E-state index in [4.69, 9.17) is 4.98 Å². The number of hydrogen-bond donors (Lipinski definition) is 4. The van der Waals surface area contributed by atoms with Crippen LogP contribution in [0, 0.1) is 11.3 Å². The third-order valence-corrected chi connectivity index (χ3v) is 7.96. The van der Waals surface area contributed by atoms with Crippen LogP contribution in [0.5, 0.6) is 0 Å². The highest BCUT2D eigenvalue weighted by molar-refractivity contribution is 5.98. The number of carbonyl (C=O) groups excluding carboxylic acids is 1. The van der Waals surface area contributed by atoms with Crippen molar-refractivity contribution in [3.8, 4) is 17.3 Å². The highest BCUT2D eigenvalue weighted by atomic mass is 16.2. The minimum atomic E-state index is -0.249. The summed E-state index contributed by atoms with van der Waals surface area (Å²) >= 11 is 0. The van der Waals surface area contributed by atoms with Gasteiger partial charge in [-0.15, -0.1) is 0 Å². The van der Waals surface area contributed by atoms with Crippen molar-refractivity contribution in [3.05, 3.63) is 48.0 Å². The van der Waals surface area contributed by atoms with E-state index < -0.39 is 0 Å². The quantitative estimate of drug-likeness (QED) is 0.249. The van der Waals surface area contributed by atoms with E-state index in [9.17, 15) is 10.1 Å². The van der Waals surface area contributed by atoms with Gasteiger partial charge >= 0.3 is 0 Å². The number of pyridine rings is 2. The Labute approximate surface area is 233 Å². The molecule has 1 aromatic carbocycles. The van der Waals surface area contributed by atoms with Crippen molar-refractivity contribution in [2.75, 3.05) is 44.6 Å². The molecule has 6 rings (SSSR count). The number of carbonyl (C=O) groups is 1. The Bertz CT molecular complexity index is 1540. The number of likely N-dealkylation sites (tertiary alicyclic amines) is 1. The Kier molecular flexibility index (Phi) is 7.84. The second kappa shape index (κ2) is 12.0. The number of anilines is 1. The number of aromatic amines is 1. The van der Waals surface area contributed by atoms with E-state index in [1.54, 1.807) is 6.20 Å². The van der Waals surface area contributed by atoms with Gasteiger partial charge in [0.15, 0.2) is 5.82 Å². The van der Waals surface area contributed by atoms with Crippen molar-refractivity contribution in [1.82, 2.24) is 35.5 Å². The molecule has 0 radical (unpaired) electrons. The first-order valence-corrected chi connectivity index (χ1v) is 14.4. The lowest BCUT2D eigenvalue weighted by atomic mass is 10.0. The Morgan fingerprint density at radius 3 is 2.80 bits per heavy atom. The van der Waals surface area contributed by atoms with Crippen LogP contribution >= 0.6 is 0 Å². The maximum Gasteiger partial charge on any atom is 0.287 e. The van der Waals surface area contributed by atoms with E-state index in [1.165, 1.54) is 32.4 Å². The second-order valence-corrected chi connectivity index (χ2v) is 10.7. The lowest BCUT2D eigenvalue weighted by Crippen LogP contribution is -2.43. The maximum atomic E-state index is 12.9. The van der Waals surface area contributed by atoms with Crippen LogP contribution in [0.4, 0.5) is 5.69 Å². The summed E-state index contributed by atoms with van der Waals surface area (Å²) in [4.78, 5) is 32.3. The van der Waals surface area contributed by atoms with Crippen LogP contribution < -0.4 is 16.0 Å². The first kappa shape index (κ1) is 26.2. The fourth-order valence-corrected chi connectivity index (χ4v) is 5.79. The molecule has 4 aromatic rings. The lowest BCUT2D eigenvalue weighted by molar-refractivity contribution is 0.0920. The number of aromatic nitrogens is 4. The number of piperidine rings is 2. The average Bonchev–Trinajstić information content (AvgIpc) is 3.44.